The van der Waals surface area contributed by atoms with Crippen LogP contribution in [0.25, 0.3) is 0 Å². The van der Waals surface area contributed by atoms with Gasteiger partial charge in [-0.3, -0.25) is 14.5 Å². The average molecular weight is 463 g/mol. The molecule has 1 N–H and O–H groups in total. The van der Waals surface area contributed by atoms with Crippen molar-refractivity contribution >= 4 is 17.5 Å². The van der Waals surface area contributed by atoms with Gasteiger partial charge in [0.05, 0.1) is 27.9 Å². The molecule has 1 aromatic rings. The highest BCUT2D eigenvalue weighted by molar-refractivity contribution is 5.91. The maximum absolute atomic E-state index is 12.7. The molecule has 9 nitrogen and oxygen atoms in total. The molecule has 9 heteroatoms. The fourth-order valence-corrected chi connectivity index (χ4v) is 4.56. The van der Waals surface area contributed by atoms with Crippen LogP contribution in [-0.2, 0) is 9.59 Å². The van der Waals surface area contributed by atoms with Crippen LogP contribution in [0.15, 0.2) is 12.1 Å². The van der Waals surface area contributed by atoms with E-state index in [1.165, 1.54) is 6.42 Å². The highest BCUT2D eigenvalue weighted by atomic mass is 16.5. The standard InChI is InChI=1S/C24H38N4O5/c1-18-7-5-6-9-28(18)23(30)17-27-13-11-26(12-14-27)10-8-22(29)25-19-15-20(31-2)24(33-4)21(16-19)32-3/h15-16,18H,5-14,17H2,1-4H3,(H,25,29). The van der Waals surface area contributed by atoms with E-state index in [1.807, 2.05) is 4.90 Å². The van der Waals surface area contributed by atoms with E-state index < -0.39 is 0 Å². The van der Waals surface area contributed by atoms with Crippen LogP contribution >= 0.6 is 0 Å². The molecule has 1 atom stereocenters. The first-order valence-electron chi connectivity index (χ1n) is 11.8. The summed E-state index contributed by atoms with van der Waals surface area (Å²) in [6.45, 7) is 7.64. The van der Waals surface area contributed by atoms with Crippen LogP contribution in [0.4, 0.5) is 5.69 Å². The molecule has 1 aromatic carbocycles. The third kappa shape index (κ3) is 6.74. The van der Waals surface area contributed by atoms with Gasteiger partial charge in [-0.2, -0.15) is 0 Å². The molecule has 184 valence electrons. The number of likely N-dealkylation sites (tertiary alicyclic amines) is 1. The second-order valence-corrected chi connectivity index (χ2v) is 8.76. The van der Waals surface area contributed by atoms with Crippen molar-refractivity contribution in [3.63, 3.8) is 0 Å². The van der Waals surface area contributed by atoms with Crippen molar-refractivity contribution in [3.05, 3.63) is 12.1 Å². The molecule has 2 fully saturated rings. The van der Waals surface area contributed by atoms with E-state index in [2.05, 4.69) is 22.0 Å². The lowest BCUT2D eigenvalue weighted by atomic mass is 10.0. The minimum absolute atomic E-state index is 0.0685. The van der Waals surface area contributed by atoms with Gasteiger partial charge < -0.3 is 29.3 Å². The summed E-state index contributed by atoms with van der Waals surface area (Å²) in [6, 6.07) is 3.80. The summed E-state index contributed by atoms with van der Waals surface area (Å²) in [7, 11) is 4.63. The van der Waals surface area contributed by atoms with E-state index in [4.69, 9.17) is 14.2 Å². The predicted octanol–water partition coefficient (Wildman–Crippen LogP) is 2.06. The number of carbonyl (C=O) groups excluding carboxylic acids is 2. The summed E-state index contributed by atoms with van der Waals surface area (Å²) in [5, 5.41) is 2.92. The Morgan fingerprint density at radius 3 is 2.15 bits per heavy atom. The summed E-state index contributed by atoms with van der Waals surface area (Å²) in [5.74, 6) is 1.67. The smallest absolute Gasteiger partial charge is 0.236 e. The van der Waals surface area contributed by atoms with Gasteiger partial charge >= 0.3 is 0 Å². The lowest BCUT2D eigenvalue weighted by Gasteiger charge is -2.38. The number of methoxy groups -OCH3 is 3. The number of piperazine rings is 1. The van der Waals surface area contributed by atoms with Crippen molar-refractivity contribution in [1.29, 1.82) is 0 Å². The lowest BCUT2D eigenvalue weighted by molar-refractivity contribution is -0.136. The topological polar surface area (TPSA) is 83.6 Å². The number of carbonyl (C=O) groups is 2. The number of anilines is 1. The van der Waals surface area contributed by atoms with Crippen LogP contribution in [0, 0.1) is 0 Å². The zero-order chi connectivity index (χ0) is 23.8. The van der Waals surface area contributed by atoms with Crippen LogP contribution in [-0.4, -0.2) is 99.7 Å². The molecule has 0 aromatic heterocycles. The minimum Gasteiger partial charge on any atom is -0.493 e. The van der Waals surface area contributed by atoms with Gasteiger partial charge in [0, 0.05) is 69.6 Å². The molecule has 2 aliphatic heterocycles. The molecular formula is C24H38N4O5. The van der Waals surface area contributed by atoms with Crippen molar-refractivity contribution < 1.29 is 23.8 Å². The van der Waals surface area contributed by atoms with Crippen molar-refractivity contribution in [2.45, 2.75) is 38.6 Å². The Balaban J connectivity index is 1.42. The van der Waals surface area contributed by atoms with Crippen LogP contribution in [0.3, 0.4) is 0 Å². The quantitative estimate of drug-likeness (QED) is 0.601. The number of ether oxygens (including phenoxy) is 3. The summed E-state index contributed by atoms with van der Waals surface area (Å²) in [6.07, 6.45) is 3.83. The summed E-state index contributed by atoms with van der Waals surface area (Å²) in [4.78, 5) is 31.7. The molecule has 1 unspecified atom stereocenters. The summed E-state index contributed by atoms with van der Waals surface area (Å²) in [5.41, 5.74) is 0.602. The molecule has 0 saturated carbocycles. The van der Waals surface area contributed by atoms with Crippen LogP contribution in [0.1, 0.15) is 32.6 Å². The van der Waals surface area contributed by atoms with E-state index in [-0.39, 0.29) is 11.8 Å². The first-order chi connectivity index (χ1) is 15.9. The first kappa shape index (κ1) is 25.1. The molecule has 33 heavy (non-hydrogen) atoms. The average Bonchev–Trinajstić information content (AvgIpc) is 2.83. The first-order valence-corrected chi connectivity index (χ1v) is 11.8. The van der Waals surface area contributed by atoms with Crippen LogP contribution < -0.4 is 19.5 Å². The highest BCUT2D eigenvalue weighted by Crippen LogP contribution is 2.39. The second-order valence-electron chi connectivity index (χ2n) is 8.76. The molecule has 0 radical (unpaired) electrons. The Morgan fingerprint density at radius 1 is 0.939 bits per heavy atom. The zero-order valence-electron chi connectivity index (χ0n) is 20.4. The molecule has 0 bridgehead atoms. The van der Waals surface area contributed by atoms with E-state index in [0.717, 1.165) is 45.6 Å². The number of benzene rings is 1. The zero-order valence-corrected chi connectivity index (χ0v) is 20.4. The van der Waals surface area contributed by atoms with E-state index >= 15 is 0 Å². The number of piperidine rings is 1. The SMILES string of the molecule is COc1cc(NC(=O)CCN2CCN(CC(=O)N3CCCCC3C)CC2)cc(OC)c1OC. The molecule has 2 aliphatic rings. The van der Waals surface area contributed by atoms with E-state index in [1.54, 1.807) is 33.5 Å². The monoisotopic (exact) mass is 462 g/mol. The highest BCUT2D eigenvalue weighted by Gasteiger charge is 2.26. The van der Waals surface area contributed by atoms with Gasteiger partial charge in [-0.25, -0.2) is 0 Å². The normalized spacial score (nSPS) is 19.8. The Morgan fingerprint density at radius 2 is 1.58 bits per heavy atom. The minimum atomic E-state index is -0.0685. The molecular weight excluding hydrogens is 424 g/mol. The van der Waals surface area contributed by atoms with Crippen molar-refractivity contribution in [2.24, 2.45) is 0 Å². The maximum atomic E-state index is 12.7. The molecule has 2 heterocycles. The van der Waals surface area contributed by atoms with Gasteiger partial charge in [0.2, 0.25) is 17.6 Å². The Bertz CT molecular complexity index is 785. The molecule has 2 amide bonds. The molecule has 2 saturated heterocycles. The third-order valence-electron chi connectivity index (χ3n) is 6.55. The van der Waals surface area contributed by atoms with Crippen molar-refractivity contribution in [3.8, 4) is 17.2 Å². The van der Waals surface area contributed by atoms with Gasteiger partial charge in [-0.1, -0.05) is 0 Å². The predicted molar refractivity (Wildman–Crippen MR) is 127 cm³/mol. The lowest BCUT2D eigenvalue weighted by Crippen LogP contribution is -2.52. The summed E-state index contributed by atoms with van der Waals surface area (Å²) >= 11 is 0. The van der Waals surface area contributed by atoms with Gasteiger partial charge in [-0.05, 0) is 26.2 Å². The Labute approximate surface area is 196 Å². The number of rotatable bonds is 9. The van der Waals surface area contributed by atoms with Gasteiger partial charge in [0.25, 0.3) is 0 Å². The number of hydrogen-bond acceptors (Lipinski definition) is 7. The van der Waals surface area contributed by atoms with Crippen LogP contribution in [0.5, 0.6) is 17.2 Å². The third-order valence-corrected chi connectivity index (χ3v) is 6.55. The number of amides is 2. The number of nitrogens with zero attached hydrogens (tertiary/aromatic N) is 3. The largest absolute Gasteiger partial charge is 0.493 e. The van der Waals surface area contributed by atoms with Crippen molar-refractivity contribution in [2.75, 3.05) is 72.5 Å². The van der Waals surface area contributed by atoms with E-state index in [9.17, 15) is 9.59 Å². The Hall–Kier alpha value is -2.52. The van der Waals surface area contributed by atoms with Crippen LogP contribution in [0.2, 0.25) is 0 Å². The van der Waals surface area contributed by atoms with Gasteiger partial charge in [0.1, 0.15) is 0 Å². The fourth-order valence-electron chi connectivity index (χ4n) is 4.56. The molecule has 3 rings (SSSR count). The van der Waals surface area contributed by atoms with Gasteiger partial charge in [0.15, 0.2) is 11.5 Å². The molecule has 0 aliphatic carbocycles. The molecule has 0 spiro atoms. The second kappa shape index (κ2) is 12.1. The number of hydrogen-bond donors (Lipinski definition) is 1. The summed E-state index contributed by atoms with van der Waals surface area (Å²) < 4.78 is 16.0. The Kier molecular flexibility index (Phi) is 9.20. The maximum Gasteiger partial charge on any atom is 0.236 e. The fraction of sp³-hybridized carbons (Fsp3) is 0.667. The van der Waals surface area contributed by atoms with Gasteiger partial charge in [-0.15, -0.1) is 0 Å². The van der Waals surface area contributed by atoms with E-state index in [0.29, 0.717) is 48.5 Å². The number of nitrogens with one attached hydrogen (secondary N) is 1. The van der Waals surface area contributed by atoms with Crippen molar-refractivity contribution in [1.82, 2.24) is 14.7 Å².